The number of methoxy groups -OCH3 is 1. The predicted octanol–water partition coefficient (Wildman–Crippen LogP) is 1.80. The molecule has 0 spiro atoms. The minimum atomic E-state index is -1.95. The summed E-state index contributed by atoms with van der Waals surface area (Å²) in [5, 5.41) is 45.4. The average Bonchev–Trinajstić information content (AvgIpc) is 3.48. The molecule has 0 saturated carbocycles. The van der Waals surface area contributed by atoms with Crippen molar-refractivity contribution in [3.05, 3.63) is 0 Å². The van der Waals surface area contributed by atoms with Crippen molar-refractivity contribution in [2.24, 2.45) is 23.7 Å². The molecule has 0 radical (unpaired) electrons. The van der Waals surface area contributed by atoms with E-state index in [1.165, 1.54) is 14.0 Å². The van der Waals surface area contributed by atoms with Crippen LogP contribution >= 0.6 is 0 Å². The van der Waals surface area contributed by atoms with Crippen LogP contribution in [0.2, 0.25) is 0 Å². The molecule has 0 amide bonds. The lowest BCUT2D eigenvalue weighted by molar-refractivity contribution is -0.317. The Kier molecular flexibility index (Phi) is 13.5. The Balaban J connectivity index is 1.82. The Labute approximate surface area is 303 Å². The fourth-order valence-electron chi connectivity index (χ4n) is 8.76. The van der Waals surface area contributed by atoms with Crippen LogP contribution in [-0.2, 0) is 42.7 Å². The quantitative estimate of drug-likeness (QED) is 0.278. The molecule has 4 N–H and O–H groups in total. The van der Waals surface area contributed by atoms with Gasteiger partial charge in [0.15, 0.2) is 12.6 Å². The Morgan fingerprint density at radius 2 is 1.57 bits per heavy atom. The number of carbonyl (C=O) groups excluding carboxylic acids is 2. The van der Waals surface area contributed by atoms with Crippen molar-refractivity contribution >= 4 is 11.8 Å². The summed E-state index contributed by atoms with van der Waals surface area (Å²) in [6.45, 7) is 15.4. The van der Waals surface area contributed by atoms with Gasteiger partial charge in [-0.15, -0.1) is 0 Å². The highest BCUT2D eigenvalue weighted by Gasteiger charge is 2.56. The zero-order chi connectivity index (χ0) is 38.4. The van der Waals surface area contributed by atoms with Gasteiger partial charge in [0.2, 0.25) is 0 Å². The molecule has 4 aliphatic rings. The summed E-state index contributed by atoms with van der Waals surface area (Å²) in [7, 11) is 5.27. The normalized spacial score (nSPS) is 50.6. The minimum Gasteiger partial charge on any atom is -0.459 e. The first kappa shape index (κ1) is 42.4. The standard InChI is InChI=1S/C37H65NO13/c1-13-25-37(9,44)30(41)19(3)27(39)23-15-36(8,46-17-23)32(51-34-28(40)24(38(10)11)14-18(2)47-34)20(4)29(21(5)33(43)49-25)50-26-16-35(7,45-12)31(42)22(6)48-26/h18-26,28-32,34,40-42,44H,13-17H2,1-12H3/t18-,19+,20+,21-,22+,23+,24+,25-,26+,28-,29+,30-,31+,32-,34+,35-,36-,37-/m1/s1. The van der Waals surface area contributed by atoms with Crippen LogP contribution in [0.15, 0.2) is 0 Å². The van der Waals surface area contributed by atoms with Gasteiger partial charge in [0.05, 0.1) is 54.2 Å². The van der Waals surface area contributed by atoms with E-state index in [0.29, 0.717) is 6.42 Å². The average molecular weight is 732 g/mol. The van der Waals surface area contributed by atoms with E-state index in [4.69, 9.17) is 33.2 Å². The van der Waals surface area contributed by atoms with Crippen molar-refractivity contribution in [2.45, 2.75) is 172 Å². The van der Waals surface area contributed by atoms with E-state index >= 15 is 0 Å². The number of carbonyl (C=O) groups is 2. The van der Waals surface area contributed by atoms with Gasteiger partial charge in [0, 0.05) is 37.3 Å². The first-order valence-corrected chi connectivity index (χ1v) is 18.6. The molecule has 0 aromatic rings. The molecule has 14 heteroatoms. The van der Waals surface area contributed by atoms with Crippen LogP contribution in [0, 0.1) is 23.7 Å². The number of rotatable bonds is 7. The van der Waals surface area contributed by atoms with E-state index in [2.05, 4.69) is 0 Å². The van der Waals surface area contributed by atoms with E-state index in [9.17, 15) is 30.0 Å². The number of hydrogen-bond donors (Lipinski definition) is 4. The highest BCUT2D eigenvalue weighted by atomic mass is 16.7. The second kappa shape index (κ2) is 16.2. The second-order valence-corrected chi connectivity index (χ2v) is 16.5. The van der Waals surface area contributed by atoms with Crippen molar-refractivity contribution in [3.8, 4) is 0 Å². The Bertz CT molecular complexity index is 1200. The summed E-state index contributed by atoms with van der Waals surface area (Å²) in [6.07, 6.45) is -8.40. The SMILES string of the molecule is CC[C@H]1OC(=O)[C@H](C)[C@@H](O[C@H]2C[C@@](C)(OC)[C@@H](O)[C@H](C)O2)[C@H](C)[C@@H](O[C@@H]2O[C@H](C)C[C@H](N(C)C)[C@H]2O)[C@@]2(C)C[C@@H](CO2)C(=O)[C@H](C)[C@@H](O)[C@]1(C)O. The van der Waals surface area contributed by atoms with Crippen molar-refractivity contribution in [3.63, 3.8) is 0 Å². The first-order chi connectivity index (χ1) is 23.6. The highest BCUT2D eigenvalue weighted by molar-refractivity contribution is 5.84. The number of aliphatic hydroxyl groups is 4. The smallest absolute Gasteiger partial charge is 0.311 e. The Morgan fingerprint density at radius 3 is 2.16 bits per heavy atom. The monoisotopic (exact) mass is 731 g/mol. The molecule has 18 atom stereocenters. The topological polar surface area (TPSA) is 183 Å². The zero-order valence-corrected chi connectivity index (χ0v) is 32.6. The van der Waals surface area contributed by atoms with E-state index in [0.717, 1.165) is 0 Å². The molecular weight excluding hydrogens is 666 g/mol. The number of ketones is 1. The van der Waals surface area contributed by atoms with Crippen molar-refractivity contribution in [2.75, 3.05) is 27.8 Å². The van der Waals surface area contributed by atoms with Gasteiger partial charge >= 0.3 is 5.97 Å². The number of likely N-dealkylation sites (N-methyl/N-ethyl adjacent to an activating group) is 1. The number of aliphatic hydroxyl groups excluding tert-OH is 3. The number of cyclic esters (lactones) is 1. The third-order valence-corrected chi connectivity index (χ3v) is 12.3. The van der Waals surface area contributed by atoms with Gasteiger partial charge in [-0.3, -0.25) is 9.59 Å². The summed E-state index contributed by atoms with van der Waals surface area (Å²) in [6, 6.07) is -0.267. The summed E-state index contributed by atoms with van der Waals surface area (Å²) in [5.41, 5.74) is -4.12. The number of nitrogens with zero attached hydrogens (tertiary/aromatic N) is 1. The number of ether oxygens (including phenoxy) is 7. The maximum atomic E-state index is 14.1. The molecule has 0 aromatic heterocycles. The predicted molar refractivity (Wildman–Crippen MR) is 184 cm³/mol. The van der Waals surface area contributed by atoms with Crippen LogP contribution in [0.5, 0.6) is 0 Å². The number of esters is 1. The summed E-state index contributed by atoms with van der Waals surface area (Å²) in [4.78, 5) is 30.0. The number of hydrogen-bond acceptors (Lipinski definition) is 14. The van der Waals surface area contributed by atoms with Gasteiger partial charge in [0.1, 0.15) is 29.7 Å². The van der Waals surface area contributed by atoms with E-state index in [-0.39, 0.29) is 43.8 Å². The maximum Gasteiger partial charge on any atom is 0.311 e. The number of Topliss-reactive ketones (excluding diaryl/α,β-unsaturated/α-hetero) is 1. The molecule has 296 valence electrons. The molecule has 14 nitrogen and oxygen atoms in total. The molecule has 4 heterocycles. The third-order valence-electron chi connectivity index (χ3n) is 12.3. The van der Waals surface area contributed by atoms with Gasteiger partial charge in [0.25, 0.3) is 0 Å². The molecule has 4 rings (SSSR count). The fraction of sp³-hybridized carbons (Fsp3) is 0.946. The molecule has 0 unspecified atom stereocenters. The van der Waals surface area contributed by atoms with Gasteiger partial charge < -0.3 is 58.5 Å². The lowest BCUT2D eigenvalue weighted by Crippen LogP contribution is -2.60. The molecule has 4 saturated heterocycles. The van der Waals surface area contributed by atoms with Crippen LogP contribution in [0.3, 0.4) is 0 Å². The molecular formula is C37H65NO13. The van der Waals surface area contributed by atoms with Gasteiger partial charge in [-0.25, -0.2) is 0 Å². The second-order valence-electron chi connectivity index (χ2n) is 16.5. The van der Waals surface area contributed by atoms with Crippen molar-refractivity contribution < 1.29 is 63.2 Å². The first-order valence-electron chi connectivity index (χ1n) is 18.6. The van der Waals surface area contributed by atoms with E-state index in [1.807, 2.05) is 39.8 Å². The Hall–Kier alpha value is -1.30. The lowest BCUT2D eigenvalue weighted by atomic mass is 9.75. The molecule has 0 aromatic carbocycles. The fourth-order valence-corrected chi connectivity index (χ4v) is 8.76. The van der Waals surface area contributed by atoms with Crippen LogP contribution in [0.1, 0.15) is 88.0 Å². The van der Waals surface area contributed by atoms with Crippen LogP contribution < -0.4 is 0 Å². The maximum absolute atomic E-state index is 14.1. The van der Waals surface area contributed by atoms with Crippen LogP contribution in [0.4, 0.5) is 0 Å². The van der Waals surface area contributed by atoms with E-state index in [1.54, 1.807) is 34.6 Å². The van der Waals surface area contributed by atoms with Crippen LogP contribution in [0.25, 0.3) is 0 Å². The lowest BCUT2D eigenvalue weighted by Gasteiger charge is -2.48. The summed E-state index contributed by atoms with van der Waals surface area (Å²) >= 11 is 0. The van der Waals surface area contributed by atoms with Gasteiger partial charge in [-0.05, 0) is 74.9 Å². The van der Waals surface area contributed by atoms with Gasteiger partial charge in [-0.1, -0.05) is 20.8 Å². The number of fused-ring (bicyclic) bond motifs is 2. The third kappa shape index (κ3) is 8.51. The van der Waals surface area contributed by atoms with Crippen molar-refractivity contribution in [1.29, 1.82) is 0 Å². The molecule has 0 aliphatic carbocycles. The summed E-state index contributed by atoms with van der Waals surface area (Å²) < 4.78 is 44.0. The molecule has 2 bridgehead atoms. The molecule has 51 heavy (non-hydrogen) atoms. The van der Waals surface area contributed by atoms with Gasteiger partial charge in [-0.2, -0.15) is 0 Å². The largest absolute Gasteiger partial charge is 0.459 e. The minimum absolute atomic E-state index is 0.0347. The molecule has 4 fully saturated rings. The summed E-state index contributed by atoms with van der Waals surface area (Å²) in [5.74, 6) is -4.31. The zero-order valence-electron chi connectivity index (χ0n) is 32.6. The molecule has 4 aliphatic heterocycles. The van der Waals surface area contributed by atoms with Crippen molar-refractivity contribution in [1.82, 2.24) is 4.90 Å². The van der Waals surface area contributed by atoms with Crippen LogP contribution in [-0.4, -0.2) is 149 Å². The highest BCUT2D eigenvalue weighted by Crippen LogP contribution is 2.44. The van der Waals surface area contributed by atoms with E-state index < -0.39 is 102 Å². The Morgan fingerprint density at radius 1 is 0.922 bits per heavy atom.